The fourth-order valence-electron chi connectivity index (χ4n) is 11.4. The van der Waals surface area contributed by atoms with Crippen LogP contribution < -0.4 is 15.4 Å². The summed E-state index contributed by atoms with van der Waals surface area (Å²) in [6, 6.07) is 28.5. The highest BCUT2D eigenvalue weighted by Crippen LogP contribution is 2.34. The number of piperazine rings is 1. The molecule has 2 aliphatic rings. The van der Waals surface area contributed by atoms with Crippen LogP contribution in [0.3, 0.4) is 0 Å². The molecular formula is C74H103ClF2N16O. The molecule has 10 rings (SSSR count). The predicted molar refractivity (Wildman–Crippen MR) is 380 cm³/mol. The largest absolute Gasteiger partial charge is 0.488 e. The van der Waals surface area contributed by atoms with Crippen molar-refractivity contribution < 1.29 is 13.5 Å². The molecule has 506 valence electrons. The van der Waals surface area contributed by atoms with Gasteiger partial charge < -0.3 is 39.9 Å². The number of benzene rings is 4. The first-order chi connectivity index (χ1) is 45.4. The monoisotopic (exact) mass is 1300 g/mol. The summed E-state index contributed by atoms with van der Waals surface area (Å²) in [6.07, 6.45) is 18.7. The minimum Gasteiger partial charge on any atom is -0.488 e. The molecular weight excluding hydrogens is 1200 g/mol. The maximum atomic E-state index is 14.2. The normalized spacial score (nSPS) is 13.1. The van der Waals surface area contributed by atoms with Gasteiger partial charge in [-0.2, -0.15) is 25.7 Å². The number of aromatic nitrogens is 8. The summed E-state index contributed by atoms with van der Waals surface area (Å²) in [5.74, 6) is 1.19. The summed E-state index contributed by atoms with van der Waals surface area (Å²) in [4.78, 5) is 14.0. The lowest BCUT2D eigenvalue weighted by Crippen LogP contribution is -2.45. The van der Waals surface area contributed by atoms with Crippen LogP contribution in [-0.4, -0.2) is 158 Å². The summed E-state index contributed by atoms with van der Waals surface area (Å²) in [5, 5.41) is 37.9. The Balaban J connectivity index is 0.000000179. The van der Waals surface area contributed by atoms with E-state index in [1.165, 1.54) is 91.6 Å². The molecule has 0 unspecified atom stereocenters. The van der Waals surface area contributed by atoms with Crippen LogP contribution in [0.1, 0.15) is 127 Å². The second-order valence-corrected chi connectivity index (χ2v) is 26.3. The fraction of sp³-hybridized carbons (Fsp3) is 0.473. The summed E-state index contributed by atoms with van der Waals surface area (Å²) in [5.41, 5.74) is 21.1. The molecule has 2 fully saturated rings. The van der Waals surface area contributed by atoms with E-state index in [4.69, 9.17) is 27.3 Å². The molecule has 1 aliphatic heterocycles. The van der Waals surface area contributed by atoms with Gasteiger partial charge in [-0.25, -0.2) is 8.78 Å². The van der Waals surface area contributed by atoms with Crippen molar-refractivity contribution in [2.24, 2.45) is 17.6 Å². The SMILES string of the molecule is C=C(CC(C)C)N1CCN(c2ccc(-c3[nH]ncc3CN(C)CCN)cc2)CC1.CCCCN(C)Cc1cn[nH]c1-c1ccc(Cl)c(F)c1.CCCCN(C)Cc1cn[nH]c1-c1ccc(OC(C)C)c(F)c1.CN(CCCC1CC1)Cc1cn[nH]c1-c1ccc(C#N)cc1. The zero-order valence-corrected chi connectivity index (χ0v) is 58.2. The molecule has 1 saturated carbocycles. The van der Waals surface area contributed by atoms with E-state index in [0.717, 1.165) is 141 Å². The number of nitrogens with one attached hydrogen (secondary N) is 4. The summed E-state index contributed by atoms with van der Waals surface area (Å²) in [7, 11) is 8.42. The number of nitriles is 1. The van der Waals surface area contributed by atoms with Crippen LogP contribution in [0, 0.1) is 34.8 Å². The van der Waals surface area contributed by atoms with Crippen molar-refractivity contribution in [1.29, 1.82) is 5.26 Å². The molecule has 0 amide bonds. The van der Waals surface area contributed by atoms with Gasteiger partial charge in [-0.1, -0.05) is 102 Å². The van der Waals surface area contributed by atoms with Gasteiger partial charge in [-0.15, -0.1) is 0 Å². The van der Waals surface area contributed by atoms with Gasteiger partial charge >= 0.3 is 0 Å². The average Bonchev–Trinajstić information content (AvgIpc) is 1.61. The highest BCUT2D eigenvalue weighted by Gasteiger charge is 2.22. The number of H-pyrrole nitrogens is 4. The Morgan fingerprint density at radius 3 is 1.46 bits per heavy atom. The molecule has 0 radical (unpaired) electrons. The first kappa shape index (κ1) is 73.7. The number of nitrogens with two attached hydrogens (primary N) is 1. The topological polar surface area (TPSA) is 193 Å². The number of halogens is 3. The number of ether oxygens (including phenoxy) is 1. The van der Waals surface area contributed by atoms with Crippen molar-refractivity contribution in [1.82, 2.24) is 65.3 Å². The van der Waals surface area contributed by atoms with Crippen LogP contribution in [0.2, 0.25) is 5.02 Å². The number of hydrogen-bond acceptors (Lipinski definition) is 13. The Bertz CT molecular complexity index is 3540. The van der Waals surface area contributed by atoms with Gasteiger partial charge in [0, 0.05) is 116 Å². The molecule has 1 aliphatic carbocycles. The third kappa shape index (κ3) is 23.3. The third-order valence-corrected chi connectivity index (χ3v) is 17.1. The number of allylic oxidation sites excluding steroid dienone is 1. The number of unbranched alkanes of at least 4 members (excludes halogenated alkanes) is 2. The summed E-state index contributed by atoms with van der Waals surface area (Å²) < 4.78 is 33.2. The van der Waals surface area contributed by atoms with Crippen LogP contribution in [0.15, 0.2) is 122 Å². The number of hydrogen-bond donors (Lipinski definition) is 5. The van der Waals surface area contributed by atoms with Gasteiger partial charge in [0.15, 0.2) is 11.6 Å². The molecule has 0 spiro atoms. The highest BCUT2D eigenvalue weighted by atomic mass is 35.5. The van der Waals surface area contributed by atoms with Gasteiger partial charge in [0.2, 0.25) is 0 Å². The van der Waals surface area contributed by atoms with Crippen molar-refractivity contribution in [3.63, 3.8) is 0 Å². The van der Waals surface area contributed by atoms with Crippen molar-refractivity contribution in [3.8, 4) is 56.8 Å². The van der Waals surface area contributed by atoms with Crippen molar-refractivity contribution in [2.45, 2.75) is 132 Å². The predicted octanol–water partition coefficient (Wildman–Crippen LogP) is 15.1. The Kier molecular flexibility index (Phi) is 29.8. The molecule has 6 N–H and O–H groups in total. The lowest BCUT2D eigenvalue weighted by atomic mass is 10.1. The number of rotatable bonds is 30. The third-order valence-electron chi connectivity index (χ3n) is 16.8. The lowest BCUT2D eigenvalue weighted by Gasteiger charge is -2.38. The maximum absolute atomic E-state index is 14.2. The van der Waals surface area contributed by atoms with Gasteiger partial charge in [0.1, 0.15) is 5.82 Å². The molecule has 4 aromatic heterocycles. The highest BCUT2D eigenvalue weighted by molar-refractivity contribution is 6.30. The maximum Gasteiger partial charge on any atom is 0.165 e. The molecule has 1 saturated heterocycles. The standard InChI is InChI=1S/C23H36N6.C18H26FN3O.C18H22N4.C15H19ClFN3/c1-18(2)15-19(3)28-11-13-29(14-12-28)22-7-5-20(6-8-22)23-21(16-25-26-23)17-27(4)10-9-24;1-5-6-9-22(4)12-15-11-20-21-18(15)14-7-8-17(16(19)10-14)23-13(2)3;1-22(10-2-3-14-4-5-14)13-17-12-20-21-18(17)16-8-6-15(11-19)7-9-16;1-3-4-7-20(2)10-12-9-18-19-15(12)11-5-6-13(16)14(17)8-11/h5-8,16,18H,3,9-15,17,24H2,1-2,4H3,(H,25,26);7-8,10-11,13H,5-6,9,12H2,1-4H3,(H,20,21);6-9,12,14H,2-5,10,13H2,1H3,(H,20,21);5-6,8-9H,3-4,7,10H2,1-2H3,(H,18,19). The lowest BCUT2D eigenvalue weighted by molar-refractivity contribution is 0.231. The van der Waals surface area contributed by atoms with Gasteiger partial charge in [-0.3, -0.25) is 20.4 Å². The summed E-state index contributed by atoms with van der Waals surface area (Å²) >= 11 is 5.71. The first-order valence-corrected chi connectivity index (χ1v) is 34.0. The van der Waals surface area contributed by atoms with Crippen LogP contribution in [0.5, 0.6) is 5.75 Å². The number of anilines is 1. The Hall–Kier alpha value is -7.70. The van der Waals surface area contributed by atoms with Crippen molar-refractivity contribution in [2.75, 3.05) is 92.0 Å². The van der Waals surface area contributed by atoms with E-state index in [0.29, 0.717) is 18.0 Å². The number of likely N-dealkylation sites (N-methyl/N-ethyl adjacent to an activating group) is 1. The van der Waals surface area contributed by atoms with Crippen LogP contribution in [0.25, 0.3) is 45.0 Å². The quantitative estimate of drug-likeness (QED) is 0.0286. The zero-order valence-electron chi connectivity index (χ0n) is 57.4. The minimum atomic E-state index is -0.413. The molecule has 4 aromatic carbocycles. The fourth-order valence-corrected chi connectivity index (χ4v) is 11.5. The number of nitrogens with zero attached hydrogens (tertiary/aromatic N) is 11. The molecule has 8 aromatic rings. The van der Waals surface area contributed by atoms with Crippen molar-refractivity contribution >= 4 is 17.3 Å². The van der Waals surface area contributed by atoms with Crippen molar-refractivity contribution in [3.05, 3.63) is 166 Å². The molecule has 17 nitrogen and oxygen atoms in total. The van der Waals surface area contributed by atoms with E-state index in [1.807, 2.05) is 62.8 Å². The van der Waals surface area contributed by atoms with E-state index in [2.05, 4.69) is 163 Å². The smallest absolute Gasteiger partial charge is 0.165 e. The minimum absolute atomic E-state index is 0.0507. The van der Waals surface area contributed by atoms with Crippen LogP contribution >= 0.6 is 11.6 Å². The van der Waals surface area contributed by atoms with E-state index >= 15 is 0 Å². The molecule has 20 heteroatoms. The molecule has 0 bridgehead atoms. The number of aromatic amines is 4. The van der Waals surface area contributed by atoms with Crippen LogP contribution in [0.4, 0.5) is 14.5 Å². The van der Waals surface area contributed by atoms with E-state index in [9.17, 15) is 8.78 Å². The van der Waals surface area contributed by atoms with E-state index < -0.39 is 5.82 Å². The molecule has 0 atom stereocenters. The Morgan fingerprint density at radius 2 is 1.04 bits per heavy atom. The second kappa shape index (κ2) is 38.0. The molecule has 94 heavy (non-hydrogen) atoms. The zero-order chi connectivity index (χ0) is 67.5. The average molecular weight is 1310 g/mol. The summed E-state index contributed by atoms with van der Waals surface area (Å²) in [6.45, 7) is 29.1. The van der Waals surface area contributed by atoms with Gasteiger partial charge in [0.25, 0.3) is 0 Å². The Morgan fingerprint density at radius 1 is 0.617 bits per heavy atom. The van der Waals surface area contributed by atoms with E-state index in [1.54, 1.807) is 24.4 Å². The van der Waals surface area contributed by atoms with Gasteiger partial charge in [0.05, 0.1) is 70.3 Å². The Labute approximate surface area is 563 Å². The van der Waals surface area contributed by atoms with Crippen LogP contribution in [-0.2, 0) is 26.2 Å². The first-order valence-electron chi connectivity index (χ1n) is 33.6. The van der Waals surface area contributed by atoms with Gasteiger partial charge in [-0.05, 0) is 166 Å². The second-order valence-electron chi connectivity index (χ2n) is 25.9. The molecule has 5 heterocycles. The van der Waals surface area contributed by atoms with E-state index in [-0.39, 0.29) is 22.7 Å².